The molecule has 0 aromatic heterocycles. The minimum atomic E-state index is -0.537. The van der Waals surface area contributed by atoms with Crippen molar-refractivity contribution in [2.24, 2.45) is 0 Å². The summed E-state index contributed by atoms with van der Waals surface area (Å²) in [6, 6.07) is 13.9. The van der Waals surface area contributed by atoms with E-state index in [0.717, 1.165) is 55.4 Å². The Kier molecular flexibility index (Phi) is 5.88. The fourth-order valence-corrected chi connectivity index (χ4v) is 3.72. The average Bonchev–Trinajstić information content (AvgIpc) is 2.99. The highest BCUT2D eigenvalue weighted by Gasteiger charge is 2.21. The predicted molar refractivity (Wildman–Crippen MR) is 109 cm³/mol. The number of rotatable bonds is 5. The van der Waals surface area contributed by atoms with E-state index < -0.39 is 6.10 Å². The molecule has 0 spiro atoms. The summed E-state index contributed by atoms with van der Waals surface area (Å²) in [5.74, 6) is 2.38. The maximum Gasteiger partial charge on any atom is 0.161 e. The maximum atomic E-state index is 10.7. The van der Waals surface area contributed by atoms with Gasteiger partial charge >= 0.3 is 0 Å². The minimum Gasteiger partial charge on any atom is -0.497 e. The molecule has 1 atom stereocenters. The summed E-state index contributed by atoms with van der Waals surface area (Å²) in [7, 11) is 1.68. The molecule has 1 fully saturated rings. The molecule has 0 aliphatic carbocycles. The first-order chi connectivity index (χ1) is 13.7. The summed E-state index contributed by atoms with van der Waals surface area (Å²) < 4.78 is 16.6. The largest absolute Gasteiger partial charge is 0.497 e. The van der Waals surface area contributed by atoms with Gasteiger partial charge in [0.1, 0.15) is 5.75 Å². The second-order valence-corrected chi connectivity index (χ2v) is 7.26. The Balaban J connectivity index is 1.32. The lowest BCUT2D eigenvalue weighted by molar-refractivity contribution is 0.109. The van der Waals surface area contributed by atoms with Crippen molar-refractivity contribution < 1.29 is 19.3 Å². The Bertz CT molecular complexity index is 773. The molecule has 1 N–H and O–H groups in total. The van der Waals surface area contributed by atoms with Gasteiger partial charge in [-0.15, -0.1) is 0 Å². The smallest absolute Gasteiger partial charge is 0.161 e. The molecule has 1 saturated heterocycles. The van der Waals surface area contributed by atoms with Crippen LogP contribution in [0.5, 0.6) is 17.2 Å². The summed E-state index contributed by atoms with van der Waals surface area (Å²) in [4.78, 5) is 4.68. The number of ether oxygens (including phenoxy) is 3. The van der Waals surface area contributed by atoms with Gasteiger partial charge in [0.05, 0.1) is 26.4 Å². The molecule has 6 nitrogen and oxygen atoms in total. The van der Waals surface area contributed by atoms with Gasteiger partial charge < -0.3 is 24.2 Å². The summed E-state index contributed by atoms with van der Waals surface area (Å²) in [6.45, 7) is 5.69. The van der Waals surface area contributed by atoms with Crippen LogP contribution in [-0.2, 0) is 0 Å². The van der Waals surface area contributed by atoms with Crippen LogP contribution in [0.2, 0.25) is 0 Å². The molecular formula is C22H28N2O4. The second-order valence-electron chi connectivity index (χ2n) is 7.26. The lowest BCUT2D eigenvalue weighted by Gasteiger charge is -2.37. The van der Waals surface area contributed by atoms with Crippen LogP contribution < -0.4 is 19.1 Å². The minimum absolute atomic E-state index is 0.537. The number of methoxy groups -OCH3 is 1. The van der Waals surface area contributed by atoms with Gasteiger partial charge in [-0.25, -0.2) is 0 Å². The molecule has 4 rings (SSSR count). The third kappa shape index (κ3) is 4.34. The molecule has 6 heteroatoms. The zero-order chi connectivity index (χ0) is 19.3. The van der Waals surface area contributed by atoms with Crippen molar-refractivity contribution in [3.8, 4) is 17.2 Å². The van der Waals surface area contributed by atoms with Crippen molar-refractivity contribution in [1.82, 2.24) is 4.90 Å². The van der Waals surface area contributed by atoms with Gasteiger partial charge in [-0.3, -0.25) is 4.90 Å². The molecule has 28 heavy (non-hydrogen) atoms. The summed E-state index contributed by atoms with van der Waals surface area (Å²) in [5, 5.41) is 10.7. The van der Waals surface area contributed by atoms with Crippen molar-refractivity contribution in [2.75, 3.05) is 57.9 Å². The number of hydrogen-bond donors (Lipinski definition) is 1. The maximum absolute atomic E-state index is 10.7. The topological polar surface area (TPSA) is 54.4 Å². The summed E-state index contributed by atoms with van der Waals surface area (Å²) in [6.07, 6.45) is 0.343. The van der Waals surface area contributed by atoms with Gasteiger partial charge in [0, 0.05) is 44.8 Å². The standard InChI is InChI=1S/C22H28N2O4/c1-26-19-6-4-18(5-7-19)24-11-9-23(10-12-24)16-20(25)17-3-8-21-22(15-17)28-14-2-13-27-21/h3-8,15,20,25H,2,9-14,16H2,1H3. The van der Waals surface area contributed by atoms with E-state index in [1.165, 1.54) is 5.69 Å². The van der Waals surface area contributed by atoms with E-state index in [0.29, 0.717) is 19.8 Å². The fourth-order valence-electron chi connectivity index (χ4n) is 3.72. The van der Waals surface area contributed by atoms with E-state index in [9.17, 15) is 5.11 Å². The normalized spacial score (nSPS) is 18.4. The Morgan fingerprint density at radius 2 is 1.68 bits per heavy atom. The van der Waals surface area contributed by atoms with Crippen molar-refractivity contribution in [3.63, 3.8) is 0 Å². The van der Waals surface area contributed by atoms with Gasteiger partial charge in [0.25, 0.3) is 0 Å². The SMILES string of the molecule is COc1ccc(N2CCN(CC(O)c3ccc4c(c3)OCCCO4)CC2)cc1. The Labute approximate surface area is 166 Å². The van der Waals surface area contributed by atoms with Crippen LogP contribution in [-0.4, -0.2) is 63.1 Å². The molecule has 0 radical (unpaired) electrons. The van der Waals surface area contributed by atoms with Gasteiger partial charge in [0.2, 0.25) is 0 Å². The Morgan fingerprint density at radius 1 is 0.964 bits per heavy atom. The number of piperazine rings is 1. The molecule has 2 aliphatic rings. The quantitative estimate of drug-likeness (QED) is 0.856. The van der Waals surface area contributed by atoms with Gasteiger partial charge in [0.15, 0.2) is 11.5 Å². The highest BCUT2D eigenvalue weighted by atomic mass is 16.5. The number of aliphatic hydroxyl groups excluding tert-OH is 1. The monoisotopic (exact) mass is 384 g/mol. The third-order valence-electron chi connectivity index (χ3n) is 5.40. The number of β-amino-alcohol motifs (C(OH)–C–C–N with tert-alkyl or cyclic N) is 1. The first kappa shape index (κ1) is 18.9. The van der Waals surface area contributed by atoms with E-state index in [2.05, 4.69) is 21.9 Å². The van der Waals surface area contributed by atoms with Gasteiger partial charge in [-0.1, -0.05) is 6.07 Å². The number of anilines is 1. The fraction of sp³-hybridized carbons (Fsp3) is 0.455. The van der Waals surface area contributed by atoms with Crippen LogP contribution in [0, 0.1) is 0 Å². The van der Waals surface area contributed by atoms with Crippen LogP contribution in [0.15, 0.2) is 42.5 Å². The average molecular weight is 384 g/mol. The third-order valence-corrected chi connectivity index (χ3v) is 5.40. The number of aliphatic hydroxyl groups is 1. The number of nitrogens with zero attached hydrogens (tertiary/aromatic N) is 2. The molecule has 150 valence electrons. The van der Waals surface area contributed by atoms with E-state index in [4.69, 9.17) is 14.2 Å². The first-order valence-corrected chi connectivity index (χ1v) is 9.92. The molecular weight excluding hydrogens is 356 g/mol. The van der Waals surface area contributed by atoms with Crippen LogP contribution in [0.3, 0.4) is 0 Å². The lowest BCUT2D eigenvalue weighted by Crippen LogP contribution is -2.47. The van der Waals surface area contributed by atoms with Crippen LogP contribution in [0.4, 0.5) is 5.69 Å². The van der Waals surface area contributed by atoms with Crippen molar-refractivity contribution in [1.29, 1.82) is 0 Å². The first-order valence-electron chi connectivity index (χ1n) is 9.92. The van der Waals surface area contributed by atoms with E-state index in [1.54, 1.807) is 7.11 Å². The predicted octanol–water partition coefficient (Wildman–Crippen LogP) is 2.71. The van der Waals surface area contributed by atoms with Crippen molar-refractivity contribution >= 4 is 5.69 Å². The number of fused-ring (bicyclic) bond motifs is 1. The summed E-state index contributed by atoms with van der Waals surface area (Å²) >= 11 is 0. The molecule has 0 saturated carbocycles. The van der Waals surface area contributed by atoms with Crippen LogP contribution >= 0.6 is 0 Å². The molecule has 2 aromatic carbocycles. The Hall–Kier alpha value is -2.44. The highest BCUT2D eigenvalue weighted by Crippen LogP contribution is 2.32. The second kappa shape index (κ2) is 8.71. The number of benzene rings is 2. The van der Waals surface area contributed by atoms with Crippen LogP contribution in [0.25, 0.3) is 0 Å². The number of hydrogen-bond acceptors (Lipinski definition) is 6. The molecule has 1 unspecified atom stereocenters. The molecule has 2 aliphatic heterocycles. The summed E-state index contributed by atoms with van der Waals surface area (Å²) in [5.41, 5.74) is 2.09. The van der Waals surface area contributed by atoms with Crippen LogP contribution in [0.1, 0.15) is 18.1 Å². The highest BCUT2D eigenvalue weighted by molar-refractivity contribution is 5.49. The van der Waals surface area contributed by atoms with E-state index in [-0.39, 0.29) is 0 Å². The molecule has 2 aromatic rings. The molecule has 0 bridgehead atoms. The van der Waals surface area contributed by atoms with Crippen molar-refractivity contribution in [3.05, 3.63) is 48.0 Å². The van der Waals surface area contributed by atoms with Gasteiger partial charge in [-0.05, 0) is 42.0 Å². The molecule has 2 heterocycles. The zero-order valence-electron chi connectivity index (χ0n) is 16.3. The van der Waals surface area contributed by atoms with E-state index in [1.807, 2.05) is 30.3 Å². The zero-order valence-corrected chi connectivity index (χ0v) is 16.3. The van der Waals surface area contributed by atoms with Crippen molar-refractivity contribution in [2.45, 2.75) is 12.5 Å². The lowest BCUT2D eigenvalue weighted by atomic mass is 10.1. The van der Waals surface area contributed by atoms with E-state index >= 15 is 0 Å². The molecule has 0 amide bonds. The Morgan fingerprint density at radius 3 is 2.39 bits per heavy atom. The van der Waals surface area contributed by atoms with Gasteiger partial charge in [-0.2, -0.15) is 0 Å².